The summed E-state index contributed by atoms with van der Waals surface area (Å²) in [6, 6.07) is 6.34. The SMILES string of the molecule is C=Cc1cc(C[N+](C)(C)C)ccc1OC(C)C. The van der Waals surface area contributed by atoms with Crippen LogP contribution in [0.1, 0.15) is 25.0 Å². The normalized spacial score (nSPS) is 11.6. The van der Waals surface area contributed by atoms with Gasteiger partial charge in [-0.25, -0.2) is 0 Å². The molecule has 2 heteroatoms. The molecule has 0 unspecified atom stereocenters. The molecule has 0 aliphatic carbocycles. The maximum absolute atomic E-state index is 5.74. The molecule has 0 fully saturated rings. The summed E-state index contributed by atoms with van der Waals surface area (Å²) < 4.78 is 6.66. The second kappa shape index (κ2) is 5.37. The summed E-state index contributed by atoms with van der Waals surface area (Å²) in [6.45, 7) is 8.92. The van der Waals surface area contributed by atoms with Crippen LogP contribution < -0.4 is 4.74 Å². The Balaban J connectivity index is 2.96. The second-order valence-electron chi connectivity index (χ2n) is 5.69. The van der Waals surface area contributed by atoms with Gasteiger partial charge in [-0.3, -0.25) is 0 Å². The van der Waals surface area contributed by atoms with Crippen molar-refractivity contribution in [1.29, 1.82) is 0 Å². The van der Waals surface area contributed by atoms with Gasteiger partial charge < -0.3 is 9.22 Å². The highest BCUT2D eigenvalue weighted by molar-refractivity contribution is 5.56. The van der Waals surface area contributed by atoms with Crippen LogP contribution in [0.5, 0.6) is 5.75 Å². The van der Waals surface area contributed by atoms with Crippen molar-refractivity contribution in [3.63, 3.8) is 0 Å². The average molecular weight is 234 g/mol. The van der Waals surface area contributed by atoms with E-state index >= 15 is 0 Å². The lowest BCUT2D eigenvalue weighted by atomic mass is 10.1. The van der Waals surface area contributed by atoms with Crippen molar-refractivity contribution in [2.75, 3.05) is 21.1 Å². The summed E-state index contributed by atoms with van der Waals surface area (Å²) in [5, 5.41) is 0. The fourth-order valence-electron chi connectivity index (χ4n) is 1.76. The highest BCUT2D eigenvalue weighted by Gasteiger charge is 2.11. The van der Waals surface area contributed by atoms with Crippen LogP contribution in [0.4, 0.5) is 0 Å². The summed E-state index contributed by atoms with van der Waals surface area (Å²) in [5.41, 5.74) is 2.38. The summed E-state index contributed by atoms with van der Waals surface area (Å²) in [5.74, 6) is 0.917. The van der Waals surface area contributed by atoms with Crippen molar-refractivity contribution in [3.05, 3.63) is 35.9 Å². The first-order chi connectivity index (χ1) is 7.81. The predicted molar refractivity (Wildman–Crippen MR) is 74.0 cm³/mol. The van der Waals surface area contributed by atoms with Crippen molar-refractivity contribution in [1.82, 2.24) is 0 Å². The molecule has 2 nitrogen and oxygen atoms in total. The molecule has 0 aliphatic heterocycles. The number of rotatable bonds is 5. The Kier molecular flexibility index (Phi) is 4.35. The first kappa shape index (κ1) is 13.8. The zero-order valence-corrected chi connectivity index (χ0v) is 11.7. The molecule has 17 heavy (non-hydrogen) atoms. The molecule has 0 saturated carbocycles. The molecule has 0 spiro atoms. The van der Waals surface area contributed by atoms with Crippen LogP contribution in [0.25, 0.3) is 6.08 Å². The zero-order valence-electron chi connectivity index (χ0n) is 11.7. The molecule has 94 valence electrons. The van der Waals surface area contributed by atoms with E-state index in [-0.39, 0.29) is 6.10 Å². The first-order valence-corrected chi connectivity index (χ1v) is 6.04. The molecule has 0 saturated heterocycles. The Morgan fingerprint density at radius 2 is 1.94 bits per heavy atom. The molecule has 1 aromatic rings. The Morgan fingerprint density at radius 1 is 1.29 bits per heavy atom. The van der Waals surface area contributed by atoms with Gasteiger partial charge >= 0.3 is 0 Å². The maximum atomic E-state index is 5.74. The van der Waals surface area contributed by atoms with Gasteiger partial charge in [0.25, 0.3) is 0 Å². The highest BCUT2D eigenvalue weighted by Crippen LogP contribution is 2.23. The topological polar surface area (TPSA) is 9.23 Å². The van der Waals surface area contributed by atoms with Crippen LogP contribution in [-0.4, -0.2) is 31.7 Å². The monoisotopic (exact) mass is 234 g/mol. The smallest absolute Gasteiger partial charge is 0.126 e. The van der Waals surface area contributed by atoms with Crippen molar-refractivity contribution in [2.45, 2.75) is 26.5 Å². The van der Waals surface area contributed by atoms with E-state index in [0.29, 0.717) is 0 Å². The van der Waals surface area contributed by atoms with Gasteiger partial charge in [-0.1, -0.05) is 12.7 Å². The van der Waals surface area contributed by atoms with Gasteiger partial charge in [0.15, 0.2) is 0 Å². The molecule has 0 bridgehead atoms. The van der Waals surface area contributed by atoms with Gasteiger partial charge in [0.2, 0.25) is 0 Å². The number of nitrogens with zero attached hydrogens (tertiary/aromatic N) is 1. The lowest BCUT2D eigenvalue weighted by molar-refractivity contribution is -0.884. The van der Waals surface area contributed by atoms with E-state index in [1.807, 2.05) is 26.0 Å². The van der Waals surface area contributed by atoms with Crippen molar-refractivity contribution < 1.29 is 9.22 Å². The number of quaternary nitrogens is 1. The minimum Gasteiger partial charge on any atom is -0.490 e. The van der Waals surface area contributed by atoms with Crippen LogP contribution in [0.3, 0.4) is 0 Å². The summed E-state index contributed by atoms with van der Waals surface area (Å²) in [7, 11) is 6.56. The third kappa shape index (κ3) is 4.61. The molecule has 1 aromatic carbocycles. The Bertz CT molecular complexity index is 388. The summed E-state index contributed by atoms with van der Waals surface area (Å²) in [6.07, 6.45) is 2.05. The molecule has 0 heterocycles. The van der Waals surface area contributed by atoms with Crippen molar-refractivity contribution in [2.24, 2.45) is 0 Å². The van der Waals surface area contributed by atoms with Gasteiger partial charge in [0, 0.05) is 11.1 Å². The first-order valence-electron chi connectivity index (χ1n) is 6.04. The summed E-state index contributed by atoms with van der Waals surface area (Å²) in [4.78, 5) is 0. The van der Waals surface area contributed by atoms with Crippen molar-refractivity contribution >= 4 is 6.08 Å². The number of benzene rings is 1. The molecule has 0 amide bonds. The van der Waals surface area contributed by atoms with E-state index in [1.54, 1.807) is 0 Å². The standard InChI is InChI=1S/C15H24NO/c1-7-14-10-13(11-16(4,5)6)8-9-15(14)17-12(2)3/h7-10,12H,1,11H2,2-6H3/q+1. The van der Waals surface area contributed by atoms with Crippen molar-refractivity contribution in [3.8, 4) is 5.75 Å². The van der Waals surface area contributed by atoms with Crippen LogP contribution in [0.15, 0.2) is 24.8 Å². The quantitative estimate of drug-likeness (QED) is 0.710. The largest absolute Gasteiger partial charge is 0.490 e. The van der Waals surface area contributed by atoms with Gasteiger partial charge in [-0.05, 0) is 32.0 Å². The third-order valence-corrected chi connectivity index (χ3v) is 2.31. The van der Waals surface area contributed by atoms with Gasteiger partial charge in [-0.15, -0.1) is 0 Å². The lowest BCUT2D eigenvalue weighted by Gasteiger charge is -2.24. The highest BCUT2D eigenvalue weighted by atomic mass is 16.5. The Hall–Kier alpha value is -1.28. The molecule has 0 radical (unpaired) electrons. The molecule has 0 aliphatic rings. The molecule has 0 atom stereocenters. The zero-order chi connectivity index (χ0) is 13.1. The van der Waals surface area contributed by atoms with Gasteiger partial charge in [0.05, 0.1) is 27.2 Å². The fraction of sp³-hybridized carbons (Fsp3) is 0.467. The van der Waals surface area contributed by atoms with Crippen LogP contribution >= 0.6 is 0 Å². The van der Waals surface area contributed by atoms with Crippen LogP contribution in [0.2, 0.25) is 0 Å². The van der Waals surface area contributed by atoms with Crippen LogP contribution in [0, 0.1) is 0 Å². The molecular weight excluding hydrogens is 210 g/mol. The second-order valence-corrected chi connectivity index (χ2v) is 5.69. The number of ether oxygens (including phenoxy) is 1. The Labute approximate surface area is 105 Å². The minimum absolute atomic E-state index is 0.193. The van der Waals surface area contributed by atoms with E-state index in [1.165, 1.54) is 5.56 Å². The van der Waals surface area contributed by atoms with Gasteiger partial charge in [0.1, 0.15) is 12.3 Å². The third-order valence-electron chi connectivity index (χ3n) is 2.31. The van der Waals surface area contributed by atoms with E-state index in [2.05, 4.69) is 39.9 Å². The number of hydrogen-bond donors (Lipinski definition) is 0. The number of hydrogen-bond acceptors (Lipinski definition) is 1. The minimum atomic E-state index is 0.193. The summed E-state index contributed by atoms with van der Waals surface area (Å²) >= 11 is 0. The molecule has 0 N–H and O–H groups in total. The predicted octanol–water partition coefficient (Wildman–Crippen LogP) is 3.32. The average Bonchev–Trinajstić information content (AvgIpc) is 2.17. The maximum Gasteiger partial charge on any atom is 0.126 e. The van der Waals surface area contributed by atoms with E-state index in [4.69, 9.17) is 4.74 Å². The van der Waals surface area contributed by atoms with E-state index < -0.39 is 0 Å². The molecule has 0 aromatic heterocycles. The van der Waals surface area contributed by atoms with Gasteiger partial charge in [-0.2, -0.15) is 0 Å². The fourth-order valence-corrected chi connectivity index (χ4v) is 1.76. The van der Waals surface area contributed by atoms with E-state index in [0.717, 1.165) is 22.3 Å². The Morgan fingerprint density at radius 3 is 2.41 bits per heavy atom. The van der Waals surface area contributed by atoms with Crippen LogP contribution in [-0.2, 0) is 6.54 Å². The lowest BCUT2D eigenvalue weighted by Crippen LogP contribution is -2.33. The molecular formula is C15H24NO+. The molecule has 1 rings (SSSR count). The van der Waals surface area contributed by atoms with E-state index in [9.17, 15) is 0 Å².